The number of nitrogens with one attached hydrogen (secondary N) is 1. The van der Waals surface area contributed by atoms with Gasteiger partial charge in [0.05, 0.1) is 17.4 Å². The highest BCUT2D eigenvalue weighted by atomic mass is 32.2. The third-order valence-electron chi connectivity index (χ3n) is 3.02. The molecule has 2 atom stereocenters. The molecule has 0 radical (unpaired) electrons. The van der Waals surface area contributed by atoms with Gasteiger partial charge < -0.3 is 11.1 Å². The Morgan fingerprint density at radius 2 is 2.06 bits per heavy atom. The predicted octanol–water partition coefficient (Wildman–Crippen LogP) is 0.301. The van der Waals surface area contributed by atoms with Crippen LogP contribution in [0, 0.1) is 11.3 Å². The van der Waals surface area contributed by atoms with Gasteiger partial charge in [0.1, 0.15) is 0 Å². The number of hydrogen-bond acceptors (Lipinski definition) is 4. The molecule has 0 saturated carbocycles. The fraction of sp³-hybridized carbons (Fsp3) is 0.917. The number of nitrogens with two attached hydrogens (primary N) is 1. The summed E-state index contributed by atoms with van der Waals surface area (Å²) < 4.78 is 22.5. The number of hydrogen-bond donors (Lipinski definition) is 2. The van der Waals surface area contributed by atoms with Gasteiger partial charge in [0.2, 0.25) is 5.91 Å². The van der Waals surface area contributed by atoms with Crippen LogP contribution < -0.4 is 11.1 Å². The lowest BCUT2D eigenvalue weighted by Crippen LogP contribution is -2.41. The second-order valence-corrected chi connectivity index (χ2v) is 8.60. The molecule has 1 rings (SSSR count). The smallest absolute Gasteiger partial charge is 0.224 e. The molecule has 1 aliphatic rings. The summed E-state index contributed by atoms with van der Waals surface area (Å²) >= 11 is 0. The average Bonchev–Trinajstić information content (AvgIpc) is 2.52. The third-order valence-corrected chi connectivity index (χ3v) is 4.78. The van der Waals surface area contributed by atoms with E-state index in [1.54, 1.807) is 0 Å². The average molecular weight is 276 g/mol. The van der Waals surface area contributed by atoms with Gasteiger partial charge in [0, 0.05) is 12.6 Å². The molecule has 0 aromatic carbocycles. The molecule has 1 amide bonds. The first-order valence-corrected chi connectivity index (χ1v) is 8.15. The lowest BCUT2D eigenvalue weighted by Gasteiger charge is -2.23. The van der Waals surface area contributed by atoms with Crippen LogP contribution in [0.1, 0.15) is 33.6 Å². The summed E-state index contributed by atoms with van der Waals surface area (Å²) in [5.41, 5.74) is 6.05. The molecule has 0 aromatic rings. The summed E-state index contributed by atoms with van der Waals surface area (Å²) in [6, 6.07) is -0.0908. The number of sulfone groups is 1. The van der Waals surface area contributed by atoms with Crippen LogP contribution in [0.15, 0.2) is 0 Å². The Morgan fingerprint density at radius 3 is 2.50 bits per heavy atom. The zero-order chi connectivity index (χ0) is 14.0. The van der Waals surface area contributed by atoms with E-state index in [0.717, 1.165) is 6.42 Å². The van der Waals surface area contributed by atoms with Crippen molar-refractivity contribution >= 4 is 15.7 Å². The van der Waals surface area contributed by atoms with Gasteiger partial charge in [-0.3, -0.25) is 4.79 Å². The van der Waals surface area contributed by atoms with Gasteiger partial charge in [-0.15, -0.1) is 0 Å². The predicted molar refractivity (Wildman–Crippen MR) is 71.8 cm³/mol. The van der Waals surface area contributed by atoms with Crippen molar-refractivity contribution in [3.8, 4) is 0 Å². The number of carbonyl (C=O) groups excluding carboxylic acids is 1. The van der Waals surface area contributed by atoms with Crippen LogP contribution in [-0.2, 0) is 14.6 Å². The first kappa shape index (κ1) is 15.4. The highest BCUT2D eigenvalue weighted by Gasteiger charge is 2.32. The Morgan fingerprint density at radius 1 is 1.44 bits per heavy atom. The fourth-order valence-electron chi connectivity index (χ4n) is 2.24. The molecule has 0 bridgehead atoms. The van der Waals surface area contributed by atoms with E-state index >= 15 is 0 Å². The van der Waals surface area contributed by atoms with Gasteiger partial charge >= 0.3 is 0 Å². The highest BCUT2D eigenvalue weighted by Crippen LogP contribution is 2.20. The standard InChI is InChI=1S/C12H24N2O3S/c1-12(2,3)6-10(13)7-14-11(15)9-4-5-18(16,17)8-9/h9-10H,4-8,13H2,1-3H3,(H,14,15). The topological polar surface area (TPSA) is 89.3 Å². The van der Waals surface area contributed by atoms with Crippen molar-refractivity contribution in [2.24, 2.45) is 17.1 Å². The molecule has 0 aromatic heterocycles. The Labute approximate surface area is 109 Å². The van der Waals surface area contributed by atoms with Gasteiger partial charge in [-0.1, -0.05) is 20.8 Å². The Hall–Kier alpha value is -0.620. The molecule has 1 aliphatic heterocycles. The van der Waals surface area contributed by atoms with Gasteiger partial charge in [-0.05, 0) is 18.3 Å². The molecular weight excluding hydrogens is 252 g/mol. The minimum Gasteiger partial charge on any atom is -0.354 e. The third kappa shape index (κ3) is 5.35. The molecule has 106 valence electrons. The van der Waals surface area contributed by atoms with Gasteiger partial charge in [0.15, 0.2) is 9.84 Å². The molecule has 18 heavy (non-hydrogen) atoms. The first-order valence-electron chi connectivity index (χ1n) is 6.33. The summed E-state index contributed by atoms with van der Waals surface area (Å²) in [5.74, 6) is -0.468. The maximum atomic E-state index is 11.8. The molecule has 0 spiro atoms. The van der Waals surface area contributed by atoms with Crippen LogP contribution in [0.2, 0.25) is 0 Å². The van der Waals surface area contributed by atoms with E-state index in [1.165, 1.54) is 0 Å². The quantitative estimate of drug-likeness (QED) is 0.773. The normalized spacial score (nSPS) is 24.8. The first-order chi connectivity index (χ1) is 8.09. The zero-order valence-corrected chi connectivity index (χ0v) is 12.2. The maximum absolute atomic E-state index is 11.8. The van der Waals surface area contributed by atoms with Crippen LogP contribution in [0.4, 0.5) is 0 Å². The van der Waals surface area contributed by atoms with E-state index in [1.807, 2.05) is 0 Å². The molecule has 3 N–H and O–H groups in total. The molecule has 2 unspecified atom stereocenters. The van der Waals surface area contributed by atoms with Crippen molar-refractivity contribution in [3.05, 3.63) is 0 Å². The summed E-state index contributed by atoms with van der Waals surface area (Å²) in [4.78, 5) is 11.8. The Balaban J connectivity index is 2.34. The van der Waals surface area contributed by atoms with E-state index in [4.69, 9.17) is 5.73 Å². The van der Waals surface area contributed by atoms with Crippen LogP contribution in [0.5, 0.6) is 0 Å². The van der Waals surface area contributed by atoms with Crippen molar-refractivity contribution < 1.29 is 13.2 Å². The Bertz CT molecular complexity index is 398. The Kier molecular flexibility index (Phi) is 4.78. The summed E-state index contributed by atoms with van der Waals surface area (Å²) in [5, 5.41) is 2.76. The fourth-order valence-corrected chi connectivity index (χ4v) is 3.98. The number of carbonyl (C=O) groups is 1. The zero-order valence-electron chi connectivity index (χ0n) is 11.4. The number of rotatable bonds is 4. The molecule has 5 nitrogen and oxygen atoms in total. The van der Waals surface area contributed by atoms with E-state index in [-0.39, 0.29) is 28.9 Å². The lowest BCUT2D eigenvalue weighted by molar-refractivity contribution is -0.124. The highest BCUT2D eigenvalue weighted by molar-refractivity contribution is 7.91. The summed E-state index contributed by atoms with van der Waals surface area (Å²) in [6.07, 6.45) is 1.25. The van der Waals surface area contributed by atoms with Crippen LogP contribution >= 0.6 is 0 Å². The van der Waals surface area contributed by atoms with Crippen LogP contribution in [0.3, 0.4) is 0 Å². The van der Waals surface area contributed by atoms with E-state index < -0.39 is 15.8 Å². The minimum absolute atomic E-state index is 0.0205. The van der Waals surface area contributed by atoms with Crippen molar-refractivity contribution in [2.75, 3.05) is 18.1 Å². The molecular formula is C12H24N2O3S. The van der Waals surface area contributed by atoms with E-state index in [9.17, 15) is 13.2 Å². The minimum atomic E-state index is -3.00. The van der Waals surface area contributed by atoms with E-state index in [2.05, 4.69) is 26.1 Å². The largest absolute Gasteiger partial charge is 0.354 e. The molecule has 6 heteroatoms. The van der Waals surface area contributed by atoms with Gasteiger partial charge in [-0.2, -0.15) is 0 Å². The monoisotopic (exact) mass is 276 g/mol. The van der Waals surface area contributed by atoms with Crippen molar-refractivity contribution in [3.63, 3.8) is 0 Å². The molecule has 1 heterocycles. The van der Waals surface area contributed by atoms with Crippen LogP contribution in [0.25, 0.3) is 0 Å². The van der Waals surface area contributed by atoms with Crippen molar-refractivity contribution in [1.82, 2.24) is 5.32 Å². The van der Waals surface area contributed by atoms with Gasteiger partial charge in [0.25, 0.3) is 0 Å². The molecule has 0 aliphatic carbocycles. The maximum Gasteiger partial charge on any atom is 0.224 e. The number of amides is 1. The SMILES string of the molecule is CC(C)(C)CC(N)CNC(=O)C1CCS(=O)(=O)C1. The van der Waals surface area contributed by atoms with Crippen molar-refractivity contribution in [2.45, 2.75) is 39.7 Å². The molecule has 1 saturated heterocycles. The second kappa shape index (κ2) is 5.57. The second-order valence-electron chi connectivity index (χ2n) is 6.37. The van der Waals surface area contributed by atoms with Gasteiger partial charge in [-0.25, -0.2) is 8.42 Å². The lowest BCUT2D eigenvalue weighted by atomic mass is 9.88. The summed E-state index contributed by atoms with van der Waals surface area (Å²) in [7, 11) is -3.00. The molecule has 1 fully saturated rings. The summed E-state index contributed by atoms with van der Waals surface area (Å²) in [6.45, 7) is 6.70. The van der Waals surface area contributed by atoms with E-state index in [0.29, 0.717) is 13.0 Å². The van der Waals surface area contributed by atoms with Crippen molar-refractivity contribution in [1.29, 1.82) is 0 Å². The van der Waals surface area contributed by atoms with Crippen LogP contribution in [-0.4, -0.2) is 38.4 Å².